The van der Waals surface area contributed by atoms with Gasteiger partial charge in [-0.15, -0.1) is 0 Å². The third kappa shape index (κ3) is 3.58. The number of hydrogen-bond acceptors (Lipinski definition) is 6. The number of amides is 1. The molecule has 0 radical (unpaired) electrons. The summed E-state index contributed by atoms with van der Waals surface area (Å²) in [6, 6.07) is 5.40. The van der Waals surface area contributed by atoms with Crippen LogP contribution in [0.4, 0.5) is 10.7 Å². The van der Waals surface area contributed by atoms with Crippen molar-refractivity contribution < 1.29 is 9.53 Å². The van der Waals surface area contributed by atoms with Crippen LogP contribution in [-0.4, -0.2) is 50.3 Å². The third-order valence-corrected chi connectivity index (χ3v) is 5.25. The number of aromatic nitrogens is 3. The fourth-order valence-electron chi connectivity index (χ4n) is 3.70. The van der Waals surface area contributed by atoms with Crippen molar-refractivity contribution in [1.82, 2.24) is 19.4 Å². The number of ether oxygens (including phenoxy) is 1. The number of pyridine rings is 1. The Kier molecular flexibility index (Phi) is 4.36. The van der Waals surface area contributed by atoms with Crippen LogP contribution in [0.25, 0.3) is 11.3 Å². The van der Waals surface area contributed by atoms with E-state index in [1.165, 1.54) is 10.6 Å². The highest BCUT2D eigenvalue weighted by atomic mass is 16.6. The van der Waals surface area contributed by atoms with Crippen LogP contribution in [0, 0.1) is 11.8 Å². The van der Waals surface area contributed by atoms with Crippen molar-refractivity contribution in [2.75, 3.05) is 18.4 Å². The quantitative estimate of drug-likeness (QED) is 0.873. The van der Waals surface area contributed by atoms with Crippen LogP contribution in [0.1, 0.15) is 20.8 Å². The number of anilines is 1. The number of likely N-dealkylation sites (tertiary alicyclic amines) is 1. The summed E-state index contributed by atoms with van der Waals surface area (Å²) in [7, 11) is 1.71. The molecule has 0 bridgehead atoms. The van der Waals surface area contributed by atoms with Crippen LogP contribution >= 0.6 is 0 Å². The number of nitrogens with one attached hydrogen (secondary N) is 1. The lowest BCUT2D eigenvalue weighted by atomic mass is 10.2. The number of fused-ring (bicyclic) bond motifs is 1. The number of hydrogen-bond donors (Lipinski definition) is 1. The Hall–Kier alpha value is -2.90. The molecule has 2 unspecified atom stereocenters. The largest absolute Gasteiger partial charge is 0.444 e. The van der Waals surface area contributed by atoms with Gasteiger partial charge in [0, 0.05) is 62.0 Å². The predicted octanol–water partition coefficient (Wildman–Crippen LogP) is 2.12. The van der Waals surface area contributed by atoms with Gasteiger partial charge in [-0.25, -0.2) is 9.78 Å². The van der Waals surface area contributed by atoms with Crippen molar-refractivity contribution in [2.45, 2.75) is 32.4 Å². The van der Waals surface area contributed by atoms with Gasteiger partial charge in [0.2, 0.25) is 5.95 Å². The lowest BCUT2D eigenvalue weighted by Crippen LogP contribution is -2.38. The maximum absolute atomic E-state index is 12.4. The van der Waals surface area contributed by atoms with E-state index >= 15 is 0 Å². The van der Waals surface area contributed by atoms with E-state index in [2.05, 4.69) is 15.3 Å². The van der Waals surface area contributed by atoms with E-state index in [-0.39, 0.29) is 17.7 Å². The second kappa shape index (κ2) is 6.61. The van der Waals surface area contributed by atoms with Crippen molar-refractivity contribution in [3.63, 3.8) is 0 Å². The summed E-state index contributed by atoms with van der Waals surface area (Å²) in [6.45, 7) is 6.93. The number of rotatable bonds is 3. The number of carbonyl (C=O) groups excluding carboxylic acids is 1. The summed E-state index contributed by atoms with van der Waals surface area (Å²) in [4.78, 5) is 35.0. The molecular formula is C20H25N5O3. The first-order chi connectivity index (χ1) is 13.2. The molecule has 28 heavy (non-hydrogen) atoms. The summed E-state index contributed by atoms with van der Waals surface area (Å²) < 4.78 is 6.97. The third-order valence-electron chi connectivity index (χ3n) is 5.25. The molecule has 4 rings (SSSR count). The van der Waals surface area contributed by atoms with Gasteiger partial charge >= 0.3 is 6.09 Å². The highest BCUT2D eigenvalue weighted by molar-refractivity contribution is 5.69. The van der Waals surface area contributed by atoms with E-state index in [4.69, 9.17) is 4.74 Å². The van der Waals surface area contributed by atoms with Crippen molar-refractivity contribution in [3.05, 3.63) is 40.9 Å². The topological polar surface area (TPSA) is 89.3 Å². The Labute approximate surface area is 163 Å². The molecule has 1 saturated carbocycles. The van der Waals surface area contributed by atoms with E-state index in [1.54, 1.807) is 24.3 Å². The van der Waals surface area contributed by atoms with E-state index < -0.39 is 5.60 Å². The molecule has 3 heterocycles. The highest BCUT2D eigenvalue weighted by Crippen LogP contribution is 2.47. The fourth-order valence-corrected chi connectivity index (χ4v) is 3.70. The van der Waals surface area contributed by atoms with E-state index in [1.807, 2.05) is 32.9 Å². The normalized spacial score (nSPS) is 23.3. The van der Waals surface area contributed by atoms with Gasteiger partial charge in [-0.2, -0.15) is 0 Å². The predicted molar refractivity (Wildman–Crippen MR) is 105 cm³/mol. The molecule has 3 atom stereocenters. The Balaban J connectivity index is 1.44. The van der Waals surface area contributed by atoms with Crippen LogP contribution in [0.15, 0.2) is 35.4 Å². The van der Waals surface area contributed by atoms with E-state index in [0.29, 0.717) is 36.6 Å². The summed E-state index contributed by atoms with van der Waals surface area (Å²) in [5.41, 5.74) is 0.861. The molecule has 2 fully saturated rings. The first-order valence-corrected chi connectivity index (χ1v) is 9.46. The average molecular weight is 383 g/mol. The molecule has 1 amide bonds. The standard InChI is InChI=1S/C20H25N5O3/c1-20(2,3)28-19(27)25-10-13-14(11-25)17(13)23-18-22-15(9-16(26)24(18)4)12-5-7-21-8-6-12/h5-9,13-14,17H,10-11H2,1-4H3,(H,22,23)/t13-,14?,17?/m0/s1. The minimum Gasteiger partial charge on any atom is -0.444 e. The Bertz CT molecular complexity index is 939. The van der Waals surface area contributed by atoms with Gasteiger partial charge in [-0.1, -0.05) is 0 Å². The molecule has 8 nitrogen and oxygen atoms in total. The number of piperidine rings is 1. The molecule has 2 aromatic rings. The van der Waals surface area contributed by atoms with Crippen molar-refractivity contribution in [1.29, 1.82) is 0 Å². The van der Waals surface area contributed by atoms with Crippen LogP contribution in [0.3, 0.4) is 0 Å². The minimum absolute atomic E-state index is 0.120. The van der Waals surface area contributed by atoms with Crippen LogP contribution in [0.2, 0.25) is 0 Å². The van der Waals surface area contributed by atoms with Crippen molar-refractivity contribution >= 4 is 12.0 Å². The minimum atomic E-state index is -0.489. The lowest BCUT2D eigenvalue weighted by molar-refractivity contribution is 0.0272. The molecule has 1 N–H and O–H groups in total. The Morgan fingerprint density at radius 2 is 1.86 bits per heavy atom. The second-order valence-corrected chi connectivity index (χ2v) is 8.48. The van der Waals surface area contributed by atoms with Gasteiger partial charge in [0.15, 0.2) is 0 Å². The summed E-state index contributed by atoms with van der Waals surface area (Å²) in [5.74, 6) is 1.26. The van der Waals surface area contributed by atoms with E-state index in [0.717, 1.165) is 5.56 Å². The Morgan fingerprint density at radius 1 is 1.21 bits per heavy atom. The molecule has 2 aromatic heterocycles. The molecule has 8 heteroatoms. The molecule has 1 aliphatic heterocycles. The fraction of sp³-hybridized carbons (Fsp3) is 0.500. The maximum Gasteiger partial charge on any atom is 0.410 e. The summed E-state index contributed by atoms with van der Waals surface area (Å²) >= 11 is 0. The maximum atomic E-state index is 12.4. The van der Waals surface area contributed by atoms with Gasteiger partial charge < -0.3 is 15.0 Å². The highest BCUT2D eigenvalue weighted by Gasteiger charge is 2.57. The molecule has 1 saturated heterocycles. The average Bonchev–Trinajstić information content (AvgIpc) is 3.07. The van der Waals surface area contributed by atoms with Crippen LogP contribution < -0.4 is 10.9 Å². The molecular weight excluding hydrogens is 358 g/mol. The van der Waals surface area contributed by atoms with Gasteiger partial charge in [0.05, 0.1) is 5.69 Å². The summed E-state index contributed by atoms with van der Waals surface area (Å²) in [5, 5.41) is 3.40. The Morgan fingerprint density at radius 3 is 2.46 bits per heavy atom. The van der Waals surface area contributed by atoms with Crippen molar-refractivity contribution in [2.24, 2.45) is 18.9 Å². The zero-order valence-electron chi connectivity index (χ0n) is 16.5. The van der Waals surface area contributed by atoms with Gasteiger partial charge in [-0.05, 0) is 32.9 Å². The van der Waals surface area contributed by atoms with Crippen molar-refractivity contribution in [3.8, 4) is 11.3 Å². The first-order valence-electron chi connectivity index (χ1n) is 9.46. The first kappa shape index (κ1) is 18.5. The molecule has 0 spiro atoms. The zero-order valence-corrected chi connectivity index (χ0v) is 16.5. The number of nitrogens with zero attached hydrogens (tertiary/aromatic N) is 4. The molecule has 0 aromatic carbocycles. The molecule has 2 aliphatic rings. The number of carbonyl (C=O) groups is 1. The van der Waals surface area contributed by atoms with Crippen LogP contribution in [-0.2, 0) is 11.8 Å². The lowest BCUT2D eigenvalue weighted by Gasteiger charge is -2.26. The van der Waals surface area contributed by atoms with Gasteiger partial charge in [-0.3, -0.25) is 14.3 Å². The summed E-state index contributed by atoms with van der Waals surface area (Å²) in [6.07, 6.45) is 3.10. The molecule has 1 aliphatic carbocycles. The van der Waals surface area contributed by atoms with Crippen LogP contribution in [0.5, 0.6) is 0 Å². The second-order valence-electron chi connectivity index (χ2n) is 8.48. The molecule has 148 valence electrons. The zero-order chi connectivity index (χ0) is 20.1. The smallest absolute Gasteiger partial charge is 0.410 e. The van der Waals surface area contributed by atoms with E-state index in [9.17, 15) is 9.59 Å². The SMILES string of the molecule is Cn1c(NC2C3CN(C(=O)OC(C)(C)C)C[C@@H]32)nc(-c2ccncc2)cc1=O. The van der Waals surface area contributed by atoms with Gasteiger partial charge in [0.25, 0.3) is 5.56 Å². The van der Waals surface area contributed by atoms with Gasteiger partial charge in [0.1, 0.15) is 5.60 Å². The monoisotopic (exact) mass is 383 g/mol.